The summed E-state index contributed by atoms with van der Waals surface area (Å²) in [5.41, 5.74) is -0.675. The van der Waals surface area contributed by atoms with Gasteiger partial charge in [-0.25, -0.2) is 13.6 Å². The molecule has 1 saturated heterocycles. The second-order valence-electron chi connectivity index (χ2n) is 6.73. The molecule has 1 aliphatic heterocycles. The van der Waals surface area contributed by atoms with Crippen LogP contribution >= 0.6 is 0 Å². The van der Waals surface area contributed by atoms with Crippen molar-refractivity contribution in [3.05, 3.63) is 23.8 Å². The molecule has 0 amide bonds. The zero-order valence-electron chi connectivity index (χ0n) is 13.2. The number of sulfonamides is 1. The molecule has 1 fully saturated rings. The fourth-order valence-electron chi connectivity index (χ4n) is 2.87. The van der Waals surface area contributed by atoms with Crippen molar-refractivity contribution in [2.45, 2.75) is 44.2 Å². The molecular weight excluding hydrogens is 329 g/mol. The molecule has 0 unspecified atom stereocenters. The van der Waals surface area contributed by atoms with E-state index in [9.17, 15) is 21.6 Å². The van der Waals surface area contributed by atoms with Crippen molar-refractivity contribution >= 4 is 15.7 Å². The number of hydrogen-bond donors (Lipinski definition) is 1. The lowest BCUT2D eigenvalue weighted by molar-refractivity contribution is -0.139. The van der Waals surface area contributed by atoms with E-state index >= 15 is 0 Å². The van der Waals surface area contributed by atoms with Crippen LogP contribution in [0.4, 0.5) is 18.9 Å². The molecule has 2 N–H and O–H groups in total. The van der Waals surface area contributed by atoms with Gasteiger partial charge in [-0.3, -0.25) is 0 Å². The lowest BCUT2D eigenvalue weighted by Crippen LogP contribution is -2.26. The van der Waals surface area contributed by atoms with Crippen molar-refractivity contribution in [2.75, 3.05) is 18.0 Å². The molecule has 0 aliphatic carbocycles. The fourth-order valence-corrected chi connectivity index (χ4v) is 3.60. The lowest BCUT2D eigenvalue weighted by atomic mass is 9.85. The zero-order valence-corrected chi connectivity index (χ0v) is 14.0. The van der Waals surface area contributed by atoms with E-state index in [-0.39, 0.29) is 5.41 Å². The number of primary sulfonamides is 1. The van der Waals surface area contributed by atoms with Gasteiger partial charge in [0.05, 0.1) is 10.5 Å². The van der Waals surface area contributed by atoms with Crippen molar-refractivity contribution in [1.29, 1.82) is 0 Å². The molecule has 2 rings (SSSR count). The van der Waals surface area contributed by atoms with Crippen LogP contribution in [0.1, 0.15) is 38.7 Å². The number of anilines is 1. The number of halogens is 3. The third-order valence-electron chi connectivity index (χ3n) is 4.28. The first kappa shape index (κ1) is 18.1. The van der Waals surface area contributed by atoms with Gasteiger partial charge in [0.15, 0.2) is 0 Å². The first-order valence-corrected chi connectivity index (χ1v) is 8.94. The maximum atomic E-state index is 13.2. The van der Waals surface area contributed by atoms with Gasteiger partial charge in [-0.05, 0) is 42.9 Å². The van der Waals surface area contributed by atoms with Crippen LogP contribution in [0.25, 0.3) is 0 Å². The van der Waals surface area contributed by atoms with E-state index in [4.69, 9.17) is 5.14 Å². The summed E-state index contributed by atoms with van der Waals surface area (Å²) in [4.78, 5) is 0.987. The smallest absolute Gasteiger partial charge is 0.372 e. The Bertz CT molecular complexity index is 684. The molecule has 0 atom stereocenters. The average Bonchev–Trinajstić information content (AvgIpc) is 2.57. The summed E-state index contributed by atoms with van der Waals surface area (Å²) in [7, 11) is -4.43. The minimum absolute atomic E-state index is 0.155. The van der Waals surface area contributed by atoms with Gasteiger partial charge in [-0.15, -0.1) is 0 Å². The van der Waals surface area contributed by atoms with Gasteiger partial charge in [0.25, 0.3) is 0 Å². The van der Waals surface area contributed by atoms with E-state index in [2.05, 4.69) is 13.8 Å². The van der Waals surface area contributed by atoms with Gasteiger partial charge in [-0.2, -0.15) is 13.2 Å². The highest BCUT2D eigenvalue weighted by Crippen LogP contribution is 2.37. The first-order chi connectivity index (χ1) is 10.4. The summed E-state index contributed by atoms with van der Waals surface area (Å²) in [5, 5.41) is 4.90. The Morgan fingerprint density at radius 1 is 1.17 bits per heavy atom. The second kappa shape index (κ2) is 5.98. The third-order valence-corrected chi connectivity index (χ3v) is 5.25. The summed E-state index contributed by atoms with van der Waals surface area (Å²) < 4.78 is 62.4. The van der Waals surface area contributed by atoms with Gasteiger partial charge in [0.1, 0.15) is 0 Å². The quantitative estimate of drug-likeness (QED) is 0.889. The van der Waals surface area contributed by atoms with Crippen LogP contribution < -0.4 is 10.0 Å². The van der Waals surface area contributed by atoms with Crippen molar-refractivity contribution < 1.29 is 21.6 Å². The van der Waals surface area contributed by atoms with Crippen LogP contribution in [-0.4, -0.2) is 21.5 Å². The van der Waals surface area contributed by atoms with E-state index in [0.29, 0.717) is 18.8 Å². The molecule has 0 radical (unpaired) electrons. The highest BCUT2D eigenvalue weighted by atomic mass is 32.2. The molecule has 4 nitrogen and oxygen atoms in total. The molecule has 1 aromatic carbocycles. The Kier molecular flexibility index (Phi) is 4.69. The molecule has 23 heavy (non-hydrogen) atoms. The second-order valence-corrected chi connectivity index (χ2v) is 8.26. The van der Waals surface area contributed by atoms with Gasteiger partial charge >= 0.3 is 6.18 Å². The first-order valence-electron chi connectivity index (χ1n) is 7.39. The predicted molar refractivity (Wildman–Crippen MR) is 82.7 cm³/mol. The summed E-state index contributed by atoms with van der Waals surface area (Å²) in [6.45, 7) is 5.57. The number of hydrogen-bond acceptors (Lipinski definition) is 3. The zero-order chi connectivity index (χ0) is 17.5. The Hall–Kier alpha value is -1.28. The number of nitrogens with two attached hydrogens (primary N) is 1. The summed E-state index contributed by atoms with van der Waals surface area (Å²) in [6.07, 6.45) is -2.02. The summed E-state index contributed by atoms with van der Waals surface area (Å²) in [6, 6.07) is 3.23. The molecule has 130 valence electrons. The van der Waals surface area contributed by atoms with Gasteiger partial charge in [0.2, 0.25) is 10.0 Å². The highest BCUT2D eigenvalue weighted by molar-refractivity contribution is 7.89. The van der Waals surface area contributed by atoms with Crippen LogP contribution in [0.15, 0.2) is 23.1 Å². The number of nitrogens with zero attached hydrogens (tertiary/aromatic N) is 1. The van der Waals surface area contributed by atoms with E-state index in [1.54, 1.807) is 0 Å². The molecule has 0 bridgehead atoms. The molecule has 1 aliphatic rings. The van der Waals surface area contributed by atoms with Gasteiger partial charge < -0.3 is 4.90 Å². The maximum Gasteiger partial charge on any atom is 0.417 e. The molecule has 8 heteroatoms. The molecule has 1 aromatic rings. The largest absolute Gasteiger partial charge is 0.417 e. The van der Waals surface area contributed by atoms with Crippen LogP contribution in [0.3, 0.4) is 0 Å². The number of benzene rings is 1. The molecule has 0 saturated carbocycles. The van der Waals surface area contributed by atoms with E-state index in [0.717, 1.165) is 31.4 Å². The molecule has 1 heterocycles. The van der Waals surface area contributed by atoms with E-state index in [1.165, 1.54) is 6.07 Å². The normalized spacial score (nSPS) is 19.5. The molecule has 0 aromatic heterocycles. The highest BCUT2D eigenvalue weighted by Gasteiger charge is 2.37. The Morgan fingerprint density at radius 2 is 1.83 bits per heavy atom. The Morgan fingerprint density at radius 3 is 2.39 bits per heavy atom. The predicted octanol–water partition coefficient (Wildman–Crippen LogP) is 3.37. The Labute approximate surface area is 134 Å². The minimum atomic E-state index is -4.77. The topological polar surface area (TPSA) is 63.4 Å². The molecular formula is C15H21F3N2O2S. The van der Waals surface area contributed by atoms with Crippen molar-refractivity contribution in [3.8, 4) is 0 Å². The van der Waals surface area contributed by atoms with Crippen LogP contribution in [0.5, 0.6) is 0 Å². The third kappa shape index (κ3) is 4.38. The van der Waals surface area contributed by atoms with Crippen molar-refractivity contribution in [2.24, 2.45) is 10.6 Å². The lowest BCUT2D eigenvalue weighted by Gasteiger charge is -2.26. The minimum Gasteiger partial charge on any atom is -0.372 e. The van der Waals surface area contributed by atoms with Gasteiger partial charge in [0, 0.05) is 18.8 Å². The van der Waals surface area contributed by atoms with Crippen molar-refractivity contribution in [3.63, 3.8) is 0 Å². The molecule has 0 spiro atoms. The number of alkyl halides is 3. The Balaban J connectivity index is 2.42. The average molecular weight is 350 g/mol. The SMILES string of the molecule is CC1(C)CCCN(c2ccc(S(N)(=O)=O)c(C(F)(F)F)c2)CC1. The monoisotopic (exact) mass is 350 g/mol. The maximum absolute atomic E-state index is 13.2. The summed E-state index contributed by atoms with van der Waals surface area (Å²) in [5.74, 6) is 0. The van der Waals surface area contributed by atoms with Crippen LogP contribution in [0, 0.1) is 5.41 Å². The fraction of sp³-hybridized carbons (Fsp3) is 0.600. The van der Waals surface area contributed by atoms with E-state index in [1.807, 2.05) is 4.90 Å². The van der Waals surface area contributed by atoms with Gasteiger partial charge in [-0.1, -0.05) is 13.8 Å². The number of rotatable bonds is 2. The van der Waals surface area contributed by atoms with E-state index < -0.39 is 26.7 Å². The van der Waals surface area contributed by atoms with Crippen LogP contribution in [-0.2, 0) is 16.2 Å². The van der Waals surface area contributed by atoms with Crippen LogP contribution in [0.2, 0.25) is 0 Å². The standard InChI is InChI=1S/C15H21F3N2O2S/c1-14(2)6-3-8-20(9-7-14)11-4-5-13(23(19,21)22)12(10-11)15(16,17)18/h4-5,10H,3,6-9H2,1-2H3,(H2,19,21,22). The summed E-state index contributed by atoms with van der Waals surface area (Å²) >= 11 is 0. The van der Waals surface area contributed by atoms with Crippen molar-refractivity contribution in [1.82, 2.24) is 0 Å².